The highest BCUT2D eigenvalue weighted by Crippen LogP contribution is 2.35. The van der Waals surface area contributed by atoms with E-state index in [1.807, 2.05) is 19.9 Å². The van der Waals surface area contributed by atoms with Crippen LogP contribution in [0.5, 0.6) is 0 Å². The molecule has 0 unspecified atom stereocenters. The highest BCUT2D eigenvalue weighted by atomic mass is 16.1. The Kier molecular flexibility index (Phi) is 4.38. The molecule has 0 fully saturated rings. The second-order valence-electron chi connectivity index (χ2n) is 9.16. The van der Waals surface area contributed by atoms with E-state index in [2.05, 4.69) is 70.6 Å². The fraction of sp³-hybridized carbons (Fsp3) is 0.409. The number of hydrogen-bond donors (Lipinski definition) is 4. The molecule has 3 aromatic rings. The molecular weight excluding hydrogens is 364 g/mol. The van der Waals surface area contributed by atoms with Gasteiger partial charge >= 0.3 is 0 Å². The van der Waals surface area contributed by atoms with Crippen LogP contribution in [0.1, 0.15) is 61.6 Å². The van der Waals surface area contributed by atoms with Crippen LogP contribution in [0.2, 0.25) is 0 Å². The Balaban J connectivity index is 1.70. The number of nitrogens with one attached hydrogen (secondary N) is 4. The van der Waals surface area contributed by atoms with Gasteiger partial charge in [-0.3, -0.25) is 9.89 Å². The van der Waals surface area contributed by atoms with E-state index in [0.29, 0.717) is 5.69 Å². The van der Waals surface area contributed by atoms with E-state index >= 15 is 0 Å². The van der Waals surface area contributed by atoms with Gasteiger partial charge < -0.3 is 15.6 Å². The Labute approximate surface area is 170 Å². The summed E-state index contributed by atoms with van der Waals surface area (Å²) < 4.78 is 0. The summed E-state index contributed by atoms with van der Waals surface area (Å²) in [7, 11) is 0. The van der Waals surface area contributed by atoms with E-state index in [0.717, 1.165) is 40.1 Å². The molecule has 0 aromatic carbocycles. The highest BCUT2D eigenvalue weighted by molar-refractivity contribution is 6.08. The van der Waals surface area contributed by atoms with E-state index in [1.165, 1.54) is 5.57 Å². The Morgan fingerprint density at radius 3 is 2.62 bits per heavy atom. The van der Waals surface area contributed by atoms with E-state index in [4.69, 9.17) is 0 Å². The van der Waals surface area contributed by atoms with Gasteiger partial charge in [0.15, 0.2) is 5.69 Å². The van der Waals surface area contributed by atoms with Crippen molar-refractivity contribution in [3.05, 3.63) is 47.1 Å². The molecule has 0 spiro atoms. The lowest BCUT2D eigenvalue weighted by Gasteiger charge is -2.41. The monoisotopic (exact) mass is 392 g/mol. The van der Waals surface area contributed by atoms with Crippen molar-refractivity contribution in [2.45, 2.75) is 59.0 Å². The zero-order chi connectivity index (χ0) is 21.0. The number of hydrogen-bond acceptors (Lipinski definition) is 4. The lowest BCUT2D eigenvalue weighted by Crippen LogP contribution is -2.53. The molecular formula is C22H28N6O. The maximum atomic E-state index is 12.7. The van der Waals surface area contributed by atoms with E-state index in [1.54, 1.807) is 6.20 Å². The molecule has 1 aliphatic rings. The van der Waals surface area contributed by atoms with Gasteiger partial charge in [0.25, 0.3) is 5.91 Å². The average Bonchev–Trinajstić information content (AvgIpc) is 3.17. The molecule has 0 aliphatic carbocycles. The Hall–Kier alpha value is -2.93. The summed E-state index contributed by atoms with van der Waals surface area (Å²) in [6, 6.07) is 3.89. The molecule has 1 amide bonds. The molecule has 1 aliphatic heterocycles. The van der Waals surface area contributed by atoms with Crippen LogP contribution in [0.15, 0.2) is 24.4 Å². The first kappa shape index (κ1) is 19.4. The number of carbonyl (C=O) groups is 1. The summed E-state index contributed by atoms with van der Waals surface area (Å²) in [5, 5.41) is 14.5. The maximum absolute atomic E-state index is 12.7. The van der Waals surface area contributed by atoms with Crippen molar-refractivity contribution in [3.63, 3.8) is 0 Å². The van der Waals surface area contributed by atoms with Crippen molar-refractivity contribution in [3.8, 4) is 0 Å². The second kappa shape index (κ2) is 6.56. The molecule has 3 aromatic heterocycles. The molecule has 29 heavy (non-hydrogen) atoms. The number of amides is 1. The number of rotatable bonds is 3. The number of pyridine rings is 1. The van der Waals surface area contributed by atoms with Gasteiger partial charge in [-0.1, -0.05) is 6.08 Å². The molecule has 4 rings (SSSR count). The van der Waals surface area contributed by atoms with Crippen molar-refractivity contribution < 1.29 is 4.79 Å². The molecule has 4 N–H and O–H groups in total. The average molecular weight is 393 g/mol. The molecule has 4 heterocycles. The number of aromatic amines is 2. The minimum Gasteiger partial charge on any atom is -0.339 e. The van der Waals surface area contributed by atoms with Crippen LogP contribution in [-0.4, -0.2) is 37.2 Å². The second-order valence-corrected chi connectivity index (χ2v) is 9.16. The van der Waals surface area contributed by atoms with Crippen LogP contribution in [0.4, 0.5) is 5.69 Å². The van der Waals surface area contributed by atoms with Crippen LogP contribution in [0, 0.1) is 13.8 Å². The van der Waals surface area contributed by atoms with E-state index < -0.39 is 0 Å². The van der Waals surface area contributed by atoms with Crippen LogP contribution in [0.25, 0.3) is 16.6 Å². The van der Waals surface area contributed by atoms with Crippen LogP contribution in [-0.2, 0) is 0 Å². The van der Waals surface area contributed by atoms with Gasteiger partial charge in [0, 0.05) is 39.6 Å². The number of nitrogens with zero attached hydrogens (tertiary/aromatic N) is 2. The predicted octanol–water partition coefficient (Wildman–Crippen LogP) is 4.09. The molecule has 7 heteroatoms. The first-order valence-corrected chi connectivity index (χ1v) is 9.87. The Morgan fingerprint density at radius 1 is 1.21 bits per heavy atom. The number of aromatic nitrogens is 4. The molecule has 0 saturated carbocycles. The fourth-order valence-electron chi connectivity index (χ4n) is 4.28. The third-order valence-corrected chi connectivity index (χ3v) is 5.42. The number of anilines is 1. The van der Waals surface area contributed by atoms with Gasteiger partial charge in [0.1, 0.15) is 5.65 Å². The number of H-pyrrole nitrogens is 2. The van der Waals surface area contributed by atoms with Crippen molar-refractivity contribution in [2.24, 2.45) is 0 Å². The van der Waals surface area contributed by atoms with Crippen LogP contribution in [0.3, 0.4) is 0 Å². The lowest BCUT2D eigenvalue weighted by atomic mass is 9.82. The van der Waals surface area contributed by atoms with Gasteiger partial charge in [-0.15, -0.1) is 0 Å². The smallest absolute Gasteiger partial charge is 0.276 e. The van der Waals surface area contributed by atoms with Crippen molar-refractivity contribution in [1.82, 2.24) is 25.5 Å². The molecule has 0 radical (unpaired) electrons. The van der Waals surface area contributed by atoms with Gasteiger partial charge in [-0.05, 0) is 65.7 Å². The first-order chi connectivity index (χ1) is 13.5. The van der Waals surface area contributed by atoms with Gasteiger partial charge in [-0.2, -0.15) is 5.10 Å². The normalized spacial score (nSPS) is 17.9. The standard InChI is InChI=1S/C22H28N6O/c1-12-13(2)26-27-18(12)20(29)25-16-7-8-23-19-15(16)9-17(24-19)14-10-21(3,4)28-22(5,6)11-14/h7-10,28H,11H2,1-6H3,(H,26,27)(H2,23,24,25,29). The third-order valence-electron chi connectivity index (χ3n) is 5.42. The van der Waals surface area contributed by atoms with Gasteiger partial charge in [0.2, 0.25) is 0 Å². The van der Waals surface area contributed by atoms with Crippen molar-refractivity contribution >= 4 is 28.2 Å². The molecule has 0 bridgehead atoms. The summed E-state index contributed by atoms with van der Waals surface area (Å²) in [5.41, 5.74) is 5.79. The third kappa shape index (κ3) is 3.70. The fourth-order valence-corrected chi connectivity index (χ4v) is 4.28. The largest absolute Gasteiger partial charge is 0.339 e. The molecule has 152 valence electrons. The molecule has 7 nitrogen and oxygen atoms in total. The zero-order valence-electron chi connectivity index (χ0n) is 17.8. The summed E-state index contributed by atoms with van der Waals surface area (Å²) in [5.74, 6) is -0.231. The number of aryl methyl sites for hydroxylation is 1. The van der Waals surface area contributed by atoms with Crippen LogP contribution >= 0.6 is 0 Å². The summed E-state index contributed by atoms with van der Waals surface area (Å²) in [6.07, 6.45) is 4.86. The number of carbonyl (C=O) groups excluding carboxylic acids is 1. The molecule has 0 saturated heterocycles. The summed E-state index contributed by atoms with van der Waals surface area (Å²) in [4.78, 5) is 20.6. The van der Waals surface area contributed by atoms with E-state index in [9.17, 15) is 4.79 Å². The van der Waals surface area contributed by atoms with Crippen molar-refractivity contribution in [2.75, 3.05) is 5.32 Å². The summed E-state index contributed by atoms with van der Waals surface area (Å²) >= 11 is 0. The van der Waals surface area contributed by atoms with Crippen molar-refractivity contribution in [1.29, 1.82) is 0 Å². The quantitative estimate of drug-likeness (QED) is 0.539. The van der Waals surface area contributed by atoms with E-state index in [-0.39, 0.29) is 17.0 Å². The Bertz CT molecular complexity index is 1130. The minimum atomic E-state index is -0.231. The zero-order valence-corrected chi connectivity index (χ0v) is 17.8. The Morgan fingerprint density at radius 2 is 1.97 bits per heavy atom. The topological polar surface area (TPSA) is 98.5 Å². The number of fused-ring (bicyclic) bond motifs is 1. The highest BCUT2D eigenvalue weighted by Gasteiger charge is 2.33. The molecule has 0 atom stereocenters. The lowest BCUT2D eigenvalue weighted by molar-refractivity contribution is 0.102. The summed E-state index contributed by atoms with van der Waals surface area (Å²) in [6.45, 7) is 12.6. The maximum Gasteiger partial charge on any atom is 0.276 e. The minimum absolute atomic E-state index is 0.00923. The predicted molar refractivity (Wildman–Crippen MR) is 116 cm³/mol. The first-order valence-electron chi connectivity index (χ1n) is 9.87. The van der Waals surface area contributed by atoms with Gasteiger partial charge in [0.05, 0.1) is 5.69 Å². The SMILES string of the molecule is Cc1[nH]nc(C(=O)Nc2ccnc3[nH]c(C4=CC(C)(C)NC(C)(C)C4)cc23)c1C. The van der Waals surface area contributed by atoms with Gasteiger partial charge in [-0.25, -0.2) is 4.98 Å². The van der Waals surface area contributed by atoms with Crippen LogP contribution < -0.4 is 10.6 Å².